The molecular weight excluding hydrogens is 428 g/mol. The van der Waals surface area contributed by atoms with E-state index in [-0.39, 0.29) is 18.0 Å². The number of amides is 2. The summed E-state index contributed by atoms with van der Waals surface area (Å²) >= 11 is 0. The summed E-state index contributed by atoms with van der Waals surface area (Å²) in [4.78, 5) is 19.2. The first kappa shape index (κ1) is 24.3. The highest BCUT2D eigenvalue weighted by Gasteiger charge is 2.26. The van der Waals surface area contributed by atoms with Crippen molar-refractivity contribution in [2.24, 2.45) is 0 Å². The zero-order valence-electron chi connectivity index (χ0n) is 19.3. The van der Waals surface area contributed by atoms with E-state index >= 15 is 0 Å². The van der Waals surface area contributed by atoms with Crippen molar-refractivity contribution in [3.05, 3.63) is 66.1 Å². The van der Waals surface area contributed by atoms with Gasteiger partial charge in [0.05, 0.1) is 6.54 Å². The SMILES string of the molecule is CCN(C(=O)N(Cc1ccc(-c2nnc(C(F)F)o2)cc1)c1ccccc1)C(C)CN(C)C. The molecule has 3 rings (SSSR count). The molecule has 0 radical (unpaired) electrons. The number of hydrogen-bond donors (Lipinski definition) is 0. The van der Waals surface area contributed by atoms with Crippen LogP contribution in [0.5, 0.6) is 0 Å². The second-order valence-electron chi connectivity index (χ2n) is 8.04. The summed E-state index contributed by atoms with van der Waals surface area (Å²) in [6.07, 6.45) is -2.81. The molecule has 1 aromatic heterocycles. The Bertz CT molecular complexity index is 1020. The molecule has 0 saturated carbocycles. The van der Waals surface area contributed by atoms with Gasteiger partial charge in [-0.2, -0.15) is 8.78 Å². The van der Waals surface area contributed by atoms with Gasteiger partial charge in [0.25, 0.3) is 5.89 Å². The average Bonchev–Trinajstić information content (AvgIpc) is 3.29. The highest BCUT2D eigenvalue weighted by molar-refractivity contribution is 5.92. The third-order valence-corrected chi connectivity index (χ3v) is 5.22. The van der Waals surface area contributed by atoms with Crippen molar-refractivity contribution in [1.82, 2.24) is 20.0 Å². The van der Waals surface area contributed by atoms with Crippen molar-refractivity contribution in [2.45, 2.75) is 32.9 Å². The lowest BCUT2D eigenvalue weighted by atomic mass is 10.1. The lowest BCUT2D eigenvalue weighted by molar-refractivity contribution is 0.116. The summed E-state index contributed by atoms with van der Waals surface area (Å²) in [5, 5.41) is 7.04. The number of urea groups is 1. The molecule has 176 valence electrons. The van der Waals surface area contributed by atoms with Gasteiger partial charge in [-0.15, -0.1) is 10.2 Å². The Labute approximate surface area is 192 Å². The van der Waals surface area contributed by atoms with Gasteiger partial charge in [0, 0.05) is 30.4 Å². The fourth-order valence-electron chi connectivity index (χ4n) is 3.67. The van der Waals surface area contributed by atoms with E-state index < -0.39 is 12.3 Å². The number of benzene rings is 2. The minimum atomic E-state index is -2.81. The van der Waals surface area contributed by atoms with Crippen LogP contribution in [-0.2, 0) is 6.54 Å². The lowest BCUT2D eigenvalue weighted by Crippen LogP contribution is -2.50. The van der Waals surface area contributed by atoms with E-state index in [4.69, 9.17) is 4.42 Å². The van der Waals surface area contributed by atoms with Crippen LogP contribution >= 0.6 is 0 Å². The topological polar surface area (TPSA) is 65.7 Å². The van der Waals surface area contributed by atoms with Crippen molar-refractivity contribution in [1.29, 1.82) is 0 Å². The van der Waals surface area contributed by atoms with Crippen LogP contribution in [-0.4, -0.2) is 59.3 Å². The zero-order chi connectivity index (χ0) is 24.0. The van der Waals surface area contributed by atoms with Crippen molar-refractivity contribution in [3.8, 4) is 11.5 Å². The van der Waals surface area contributed by atoms with Crippen molar-refractivity contribution in [3.63, 3.8) is 0 Å². The van der Waals surface area contributed by atoms with E-state index in [0.29, 0.717) is 18.7 Å². The first-order valence-corrected chi connectivity index (χ1v) is 10.8. The highest BCUT2D eigenvalue weighted by atomic mass is 19.3. The molecule has 9 heteroatoms. The zero-order valence-corrected chi connectivity index (χ0v) is 19.3. The predicted octanol–water partition coefficient (Wildman–Crippen LogP) is 5.07. The maximum atomic E-state index is 13.6. The fraction of sp³-hybridized carbons (Fsp3) is 0.375. The molecule has 0 bridgehead atoms. The number of hydrogen-bond acceptors (Lipinski definition) is 5. The van der Waals surface area contributed by atoms with E-state index in [1.165, 1.54) is 0 Å². The van der Waals surface area contributed by atoms with Crippen LogP contribution in [0.15, 0.2) is 59.0 Å². The molecule has 0 fully saturated rings. The number of nitrogens with zero attached hydrogens (tertiary/aromatic N) is 5. The Hall–Kier alpha value is -3.33. The van der Waals surface area contributed by atoms with Gasteiger partial charge in [0.2, 0.25) is 5.89 Å². The van der Waals surface area contributed by atoms with Gasteiger partial charge in [0.1, 0.15) is 0 Å². The predicted molar refractivity (Wildman–Crippen MR) is 123 cm³/mol. The van der Waals surface area contributed by atoms with Gasteiger partial charge >= 0.3 is 12.5 Å². The summed E-state index contributed by atoms with van der Waals surface area (Å²) < 4.78 is 30.5. The molecule has 7 nitrogen and oxygen atoms in total. The van der Waals surface area contributed by atoms with Crippen LogP contribution in [0.4, 0.5) is 19.3 Å². The normalized spacial score (nSPS) is 12.2. The fourth-order valence-corrected chi connectivity index (χ4v) is 3.67. The Kier molecular flexibility index (Phi) is 8.11. The monoisotopic (exact) mass is 457 g/mol. The number of halogens is 2. The largest absolute Gasteiger partial charge is 0.415 e. The van der Waals surface area contributed by atoms with Gasteiger partial charge in [-0.1, -0.05) is 30.3 Å². The summed E-state index contributed by atoms with van der Waals surface area (Å²) in [6, 6.07) is 16.6. The van der Waals surface area contributed by atoms with E-state index in [9.17, 15) is 13.6 Å². The van der Waals surface area contributed by atoms with Crippen molar-refractivity contribution < 1.29 is 18.0 Å². The maximum Gasteiger partial charge on any atom is 0.325 e. The summed E-state index contributed by atoms with van der Waals surface area (Å²) in [5.74, 6) is -0.677. The van der Waals surface area contributed by atoms with Crippen LogP contribution in [0.25, 0.3) is 11.5 Å². The minimum absolute atomic E-state index is 0.0301. The number of carbonyl (C=O) groups excluding carboxylic acids is 1. The van der Waals surface area contributed by atoms with Gasteiger partial charge in [-0.05, 0) is 57.8 Å². The van der Waals surface area contributed by atoms with Crippen molar-refractivity contribution in [2.75, 3.05) is 32.1 Å². The van der Waals surface area contributed by atoms with Crippen LogP contribution in [0.3, 0.4) is 0 Å². The van der Waals surface area contributed by atoms with Gasteiger partial charge < -0.3 is 14.2 Å². The van der Waals surface area contributed by atoms with E-state index in [2.05, 4.69) is 15.1 Å². The summed E-state index contributed by atoms with van der Waals surface area (Å²) in [5.41, 5.74) is 2.20. The van der Waals surface area contributed by atoms with E-state index in [0.717, 1.165) is 17.8 Å². The molecule has 1 heterocycles. The molecule has 1 atom stereocenters. The van der Waals surface area contributed by atoms with E-state index in [1.54, 1.807) is 17.0 Å². The van der Waals surface area contributed by atoms with Crippen LogP contribution in [0, 0.1) is 0 Å². The van der Waals surface area contributed by atoms with Crippen LogP contribution in [0.2, 0.25) is 0 Å². The quantitative estimate of drug-likeness (QED) is 0.449. The first-order chi connectivity index (χ1) is 15.8. The Morgan fingerprint density at radius 3 is 2.24 bits per heavy atom. The number of aromatic nitrogens is 2. The molecule has 0 saturated heterocycles. The molecule has 2 aromatic carbocycles. The molecule has 0 aliphatic heterocycles. The number of alkyl halides is 2. The first-order valence-electron chi connectivity index (χ1n) is 10.8. The van der Waals surface area contributed by atoms with Gasteiger partial charge in [0.15, 0.2) is 0 Å². The molecule has 1 unspecified atom stereocenters. The second kappa shape index (κ2) is 11.0. The number of para-hydroxylation sites is 1. The summed E-state index contributed by atoms with van der Waals surface area (Å²) in [7, 11) is 3.97. The molecule has 33 heavy (non-hydrogen) atoms. The standard InChI is InChI=1S/C24H29F2N5O2/c1-5-30(17(2)15-29(3)4)24(32)31(20-9-7-6-8-10-20)16-18-11-13-19(14-12-18)22-27-28-23(33-22)21(25)26/h6-14,17,21H,5,15-16H2,1-4H3. The maximum absolute atomic E-state index is 13.6. The molecule has 0 aliphatic rings. The molecule has 3 aromatic rings. The smallest absolute Gasteiger partial charge is 0.325 e. The average molecular weight is 458 g/mol. The van der Waals surface area contributed by atoms with Crippen LogP contribution < -0.4 is 4.90 Å². The third kappa shape index (κ3) is 6.13. The number of carbonyl (C=O) groups is 1. The third-order valence-electron chi connectivity index (χ3n) is 5.22. The second-order valence-corrected chi connectivity index (χ2v) is 8.04. The summed E-state index contributed by atoms with van der Waals surface area (Å²) in [6.45, 7) is 5.69. The van der Waals surface area contributed by atoms with E-state index in [1.807, 2.05) is 75.3 Å². The molecule has 0 N–H and O–H groups in total. The minimum Gasteiger partial charge on any atom is -0.415 e. The number of likely N-dealkylation sites (N-methyl/N-ethyl adjacent to an activating group) is 2. The Balaban J connectivity index is 1.84. The lowest BCUT2D eigenvalue weighted by Gasteiger charge is -2.35. The van der Waals surface area contributed by atoms with Crippen LogP contribution in [0.1, 0.15) is 31.7 Å². The van der Waals surface area contributed by atoms with Gasteiger partial charge in [-0.3, -0.25) is 4.90 Å². The number of rotatable bonds is 9. The molecule has 0 spiro atoms. The number of anilines is 1. The molecular formula is C24H29F2N5O2. The Morgan fingerprint density at radius 1 is 1.03 bits per heavy atom. The van der Waals surface area contributed by atoms with Crippen molar-refractivity contribution >= 4 is 11.7 Å². The van der Waals surface area contributed by atoms with Gasteiger partial charge in [-0.25, -0.2) is 4.79 Å². The molecule has 0 aliphatic carbocycles. The molecule has 2 amide bonds. The Morgan fingerprint density at radius 2 is 1.70 bits per heavy atom. The highest BCUT2D eigenvalue weighted by Crippen LogP contribution is 2.25.